The maximum atomic E-state index is 4.90. The van der Waals surface area contributed by atoms with Crippen molar-refractivity contribution in [1.29, 1.82) is 0 Å². The molecule has 0 unspecified atom stereocenters. The lowest BCUT2D eigenvalue weighted by Crippen LogP contribution is -1.96. The molecule has 0 atom stereocenters. The molecule has 0 amide bonds. The van der Waals surface area contributed by atoms with Gasteiger partial charge in [0.25, 0.3) is 0 Å². The monoisotopic (exact) mass is 216 g/mol. The zero-order chi connectivity index (χ0) is 11.5. The number of rotatable bonds is 2. The number of hydrogen-bond donors (Lipinski definition) is 0. The molecule has 2 aromatic heterocycles. The van der Waals surface area contributed by atoms with Crippen LogP contribution >= 0.6 is 0 Å². The summed E-state index contributed by atoms with van der Waals surface area (Å²) in [6.45, 7) is 3.80. The van der Waals surface area contributed by atoms with E-state index in [1.807, 2.05) is 19.9 Å². The highest BCUT2D eigenvalue weighted by atomic mass is 16.5. The summed E-state index contributed by atoms with van der Waals surface area (Å²) in [7, 11) is 1.54. The smallest absolute Gasteiger partial charge is 0.316 e. The van der Waals surface area contributed by atoms with Crippen molar-refractivity contribution in [3.63, 3.8) is 0 Å². The van der Waals surface area contributed by atoms with Gasteiger partial charge in [-0.2, -0.15) is 0 Å². The van der Waals surface area contributed by atoms with E-state index in [9.17, 15) is 0 Å². The average molecular weight is 216 g/mol. The van der Waals surface area contributed by atoms with Gasteiger partial charge in [0.05, 0.1) is 12.8 Å². The first kappa shape index (κ1) is 10.5. The molecule has 5 heteroatoms. The second-order valence-electron chi connectivity index (χ2n) is 3.40. The summed E-state index contributed by atoms with van der Waals surface area (Å²) in [4.78, 5) is 16.6. The molecule has 0 bridgehead atoms. The van der Waals surface area contributed by atoms with Crippen LogP contribution in [0.1, 0.15) is 11.5 Å². The summed E-state index contributed by atoms with van der Waals surface area (Å²) in [5, 5.41) is 0. The molecular formula is C11H12N4O. The third kappa shape index (κ3) is 2.13. The summed E-state index contributed by atoms with van der Waals surface area (Å²) < 4.78 is 4.90. The van der Waals surface area contributed by atoms with E-state index in [0.717, 1.165) is 22.8 Å². The van der Waals surface area contributed by atoms with Crippen molar-refractivity contribution in [1.82, 2.24) is 19.9 Å². The highest BCUT2D eigenvalue weighted by Gasteiger charge is 2.04. The average Bonchev–Trinajstić information content (AvgIpc) is 2.28. The SMILES string of the molecule is COc1ncc(-c2cc(C)nc(C)n2)cn1. The van der Waals surface area contributed by atoms with Crippen LogP contribution in [0.25, 0.3) is 11.3 Å². The number of nitrogens with zero attached hydrogens (tertiary/aromatic N) is 4. The van der Waals surface area contributed by atoms with Crippen LogP contribution in [0.5, 0.6) is 6.01 Å². The summed E-state index contributed by atoms with van der Waals surface area (Å²) in [6.07, 6.45) is 3.38. The Morgan fingerprint density at radius 1 is 1.06 bits per heavy atom. The second kappa shape index (κ2) is 4.22. The van der Waals surface area contributed by atoms with E-state index in [4.69, 9.17) is 4.74 Å². The molecule has 5 nitrogen and oxygen atoms in total. The molecule has 82 valence electrons. The third-order valence-corrected chi connectivity index (χ3v) is 2.07. The Morgan fingerprint density at radius 3 is 2.31 bits per heavy atom. The number of hydrogen-bond acceptors (Lipinski definition) is 5. The predicted octanol–water partition coefficient (Wildman–Crippen LogP) is 1.56. The molecule has 0 radical (unpaired) electrons. The summed E-state index contributed by atoms with van der Waals surface area (Å²) in [5.74, 6) is 0.741. The van der Waals surface area contributed by atoms with Crippen LogP contribution in [0.2, 0.25) is 0 Å². The largest absolute Gasteiger partial charge is 0.467 e. The Labute approximate surface area is 93.6 Å². The molecule has 0 aliphatic rings. The number of methoxy groups -OCH3 is 1. The molecule has 0 saturated heterocycles. The van der Waals surface area contributed by atoms with Gasteiger partial charge in [0, 0.05) is 23.7 Å². The topological polar surface area (TPSA) is 60.8 Å². The Kier molecular flexibility index (Phi) is 2.76. The van der Waals surface area contributed by atoms with Gasteiger partial charge in [-0.1, -0.05) is 0 Å². The van der Waals surface area contributed by atoms with Crippen molar-refractivity contribution < 1.29 is 4.74 Å². The molecular weight excluding hydrogens is 204 g/mol. The van der Waals surface area contributed by atoms with E-state index < -0.39 is 0 Å². The van der Waals surface area contributed by atoms with Gasteiger partial charge in [-0.05, 0) is 19.9 Å². The van der Waals surface area contributed by atoms with E-state index in [1.54, 1.807) is 12.4 Å². The van der Waals surface area contributed by atoms with Crippen LogP contribution in [0.15, 0.2) is 18.5 Å². The zero-order valence-corrected chi connectivity index (χ0v) is 9.43. The molecule has 2 rings (SSSR count). The zero-order valence-electron chi connectivity index (χ0n) is 9.43. The second-order valence-corrected chi connectivity index (χ2v) is 3.40. The van der Waals surface area contributed by atoms with Crippen molar-refractivity contribution in [3.8, 4) is 17.3 Å². The van der Waals surface area contributed by atoms with E-state index in [1.165, 1.54) is 7.11 Å². The van der Waals surface area contributed by atoms with Crippen LogP contribution < -0.4 is 4.74 Å². The fourth-order valence-corrected chi connectivity index (χ4v) is 1.42. The lowest BCUT2D eigenvalue weighted by atomic mass is 10.2. The molecule has 0 aromatic carbocycles. The molecule has 0 aliphatic heterocycles. The Bertz CT molecular complexity index is 476. The van der Waals surface area contributed by atoms with Crippen LogP contribution in [0.4, 0.5) is 0 Å². The van der Waals surface area contributed by atoms with Crippen LogP contribution in [0, 0.1) is 13.8 Å². The minimum Gasteiger partial charge on any atom is -0.467 e. The minimum absolute atomic E-state index is 0.353. The predicted molar refractivity (Wildman–Crippen MR) is 59.1 cm³/mol. The van der Waals surface area contributed by atoms with Crippen LogP contribution in [-0.2, 0) is 0 Å². The molecule has 0 saturated carbocycles. The van der Waals surface area contributed by atoms with Crippen molar-refractivity contribution in [2.45, 2.75) is 13.8 Å². The Hall–Kier alpha value is -2.04. The standard InChI is InChI=1S/C11H12N4O/c1-7-4-10(15-8(2)14-7)9-5-12-11(16-3)13-6-9/h4-6H,1-3H3. The van der Waals surface area contributed by atoms with E-state index >= 15 is 0 Å². The van der Waals surface area contributed by atoms with E-state index in [0.29, 0.717) is 6.01 Å². The molecule has 0 fully saturated rings. The van der Waals surface area contributed by atoms with Gasteiger partial charge in [0.1, 0.15) is 5.82 Å². The van der Waals surface area contributed by atoms with Gasteiger partial charge in [-0.25, -0.2) is 19.9 Å². The van der Waals surface area contributed by atoms with Gasteiger partial charge in [0.15, 0.2) is 0 Å². The first-order valence-corrected chi connectivity index (χ1v) is 4.88. The summed E-state index contributed by atoms with van der Waals surface area (Å²) >= 11 is 0. The van der Waals surface area contributed by atoms with E-state index in [2.05, 4.69) is 19.9 Å². The van der Waals surface area contributed by atoms with Crippen molar-refractivity contribution in [2.75, 3.05) is 7.11 Å². The molecule has 16 heavy (non-hydrogen) atoms. The third-order valence-electron chi connectivity index (χ3n) is 2.07. The molecule has 0 N–H and O–H groups in total. The number of ether oxygens (including phenoxy) is 1. The molecule has 0 aliphatic carbocycles. The van der Waals surface area contributed by atoms with Crippen molar-refractivity contribution in [2.24, 2.45) is 0 Å². The van der Waals surface area contributed by atoms with Gasteiger partial charge in [-0.3, -0.25) is 0 Å². The van der Waals surface area contributed by atoms with Crippen molar-refractivity contribution >= 4 is 0 Å². The quantitative estimate of drug-likeness (QED) is 0.762. The molecule has 0 spiro atoms. The van der Waals surface area contributed by atoms with Gasteiger partial charge >= 0.3 is 6.01 Å². The Balaban J connectivity index is 2.42. The van der Waals surface area contributed by atoms with Gasteiger partial charge in [-0.15, -0.1) is 0 Å². The van der Waals surface area contributed by atoms with E-state index in [-0.39, 0.29) is 0 Å². The fraction of sp³-hybridized carbons (Fsp3) is 0.273. The highest BCUT2D eigenvalue weighted by molar-refractivity contribution is 5.56. The summed E-state index contributed by atoms with van der Waals surface area (Å²) in [5.41, 5.74) is 2.61. The highest BCUT2D eigenvalue weighted by Crippen LogP contribution is 2.16. The first-order chi connectivity index (χ1) is 7.69. The number of aromatic nitrogens is 4. The summed E-state index contributed by atoms with van der Waals surface area (Å²) in [6, 6.07) is 2.25. The van der Waals surface area contributed by atoms with Gasteiger partial charge in [0.2, 0.25) is 0 Å². The first-order valence-electron chi connectivity index (χ1n) is 4.88. The van der Waals surface area contributed by atoms with Gasteiger partial charge < -0.3 is 4.74 Å². The number of aryl methyl sites for hydroxylation is 2. The Morgan fingerprint density at radius 2 is 1.75 bits per heavy atom. The molecule has 2 heterocycles. The molecule has 2 aromatic rings. The lowest BCUT2D eigenvalue weighted by Gasteiger charge is -2.03. The minimum atomic E-state index is 0.353. The van der Waals surface area contributed by atoms with Crippen LogP contribution in [-0.4, -0.2) is 27.0 Å². The lowest BCUT2D eigenvalue weighted by molar-refractivity contribution is 0.380. The maximum Gasteiger partial charge on any atom is 0.316 e. The van der Waals surface area contributed by atoms with Crippen LogP contribution in [0.3, 0.4) is 0 Å². The maximum absolute atomic E-state index is 4.90. The normalized spacial score (nSPS) is 10.2. The fourth-order valence-electron chi connectivity index (χ4n) is 1.42. The van der Waals surface area contributed by atoms with Crippen molar-refractivity contribution in [3.05, 3.63) is 30.0 Å².